The molecule has 1 saturated heterocycles. The van der Waals surface area contributed by atoms with Crippen LogP contribution in [0.1, 0.15) is 77.6 Å². The van der Waals surface area contributed by atoms with Crippen LogP contribution in [0.25, 0.3) is 0 Å². The van der Waals surface area contributed by atoms with Gasteiger partial charge in [0.25, 0.3) is 0 Å². The van der Waals surface area contributed by atoms with Crippen molar-refractivity contribution in [2.75, 3.05) is 19.8 Å². The van der Waals surface area contributed by atoms with E-state index >= 15 is 0 Å². The molecule has 0 spiro atoms. The molecular formula is C29H48O8. The molecule has 0 bridgehead atoms. The number of allylic oxidation sites excluding steroid dienone is 8. The van der Waals surface area contributed by atoms with E-state index in [-0.39, 0.29) is 32.7 Å². The van der Waals surface area contributed by atoms with Crippen molar-refractivity contribution in [3.63, 3.8) is 0 Å². The molecule has 0 aliphatic carbocycles. The molecule has 1 rings (SSSR count). The zero-order chi connectivity index (χ0) is 27.1. The van der Waals surface area contributed by atoms with E-state index in [0.717, 1.165) is 25.7 Å². The van der Waals surface area contributed by atoms with E-state index in [1.165, 1.54) is 25.7 Å². The second kappa shape index (κ2) is 22.2. The second-order valence-electron chi connectivity index (χ2n) is 9.25. The van der Waals surface area contributed by atoms with Crippen LogP contribution in [0, 0.1) is 0 Å². The maximum absolute atomic E-state index is 11.8. The lowest BCUT2D eigenvalue weighted by molar-refractivity contribution is -0.276. The monoisotopic (exact) mass is 524 g/mol. The number of unbranched alkanes of at least 4 members (excludes halogenated alkanes) is 4. The number of esters is 1. The summed E-state index contributed by atoms with van der Waals surface area (Å²) in [5.74, 6) is -0.403. The Kier molecular flexibility index (Phi) is 19.9. The highest BCUT2D eigenvalue weighted by Gasteiger charge is 2.37. The molecule has 1 heterocycles. The van der Waals surface area contributed by atoms with E-state index in [4.69, 9.17) is 19.3 Å². The van der Waals surface area contributed by atoms with Gasteiger partial charge in [0, 0.05) is 12.8 Å². The fourth-order valence-electron chi connectivity index (χ4n) is 3.61. The second-order valence-corrected chi connectivity index (χ2v) is 9.25. The smallest absolute Gasteiger partial charge is 0.305 e. The van der Waals surface area contributed by atoms with Crippen LogP contribution in [-0.2, 0) is 19.0 Å². The zero-order valence-corrected chi connectivity index (χ0v) is 22.3. The van der Waals surface area contributed by atoms with Crippen LogP contribution in [0.2, 0.25) is 0 Å². The third kappa shape index (κ3) is 17.3. The molecule has 8 heteroatoms. The molecule has 1 aliphatic heterocycles. The standard InChI is InChI=1S/C29H48O8/c1-2-3-4-5-6-7-8-9-10-11-12-13-14-15-16-17-18-19-27(33)35-22-24(31)23-36-29-28(34)26(32)20-25(21-30)37-29/h6-7,9-10,12-13,15-16,24-26,28-32,34H,2-5,8,11,14,17-23H2,1H3/b7-6-,10-9-,13-12-,16-15-/t24?,25-,26-,28+,29+/m0/s1. The zero-order valence-electron chi connectivity index (χ0n) is 22.3. The number of hydrogen-bond acceptors (Lipinski definition) is 8. The Balaban J connectivity index is 2.02. The first-order valence-corrected chi connectivity index (χ1v) is 13.7. The van der Waals surface area contributed by atoms with Crippen LogP contribution in [0.3, 0.4) is 0 Å². The minimum Gasteiger partial charge on any atom is -0.463 e. The minimum absolute atomic E-state index is 0.0960. The third-order valence-electron chi connectivity index (χ3n) is 5.81. The predicted octanol–water partition coefficient (Wildman–Crippen LogP) is 3.88. The van der Waals surface area contributed by atoms with Crippen molar-refractivity contribution in [3.8, 4) is 0 Å². The minimum atomic E-state index is -1.28. The van der Waals surface area contributed by atoms with Crippen molar-refractivity contribution in [3.05, 3.63) is 48.6 Å². The van der Waals surface area contributed by atoms with Gasteiger partial charge < -0.3 is 34.6 Å². The van der Waals surface area contributed by atoms with Gasteiger partial charge in [0.05, 0.1) is 25.4 Å². The van der Waals surface area contributed by atoms with Crippen LogP contribution >= 0.6 is 0 Å². The molecule has 212 valence electrons. The fourth-order valence-corrected chi connectivity index (χ4v) is 3.61. The molecule has 0 radical (unpaired) electrons. The van der Waals surface area contributed by atoms with Crippen molar-refractivity contribution in [2.45, 2.75) is 108 Å². The molecule has 4 N–H and O–H groups in total. The Morgan fingerprint density at radius 3 is 2.11 bits per heavy atom. The van der Waals surface area contributed by atoms with Gasteiger partial charge in [-0.3, -0.25) is 4.79 Å². The molecule has 0 aromatic heterocycles. The van der Waals surface area contributed by atoms with Gasteiger partial charge >= 0.3 is 5.97 Å². The molecular weight excluding hydrogens is 476 g/mol. The Morgan fingerprint density at radius 1 is 0.919 bits per heavy atom. The highest BCUT2D eigenvalue weighted by atomic mass is 16.7. The molecule has 0 amide bonds. The number of hydrogen-bond donors (Lipinski definition) is 4. The highest BCUT2D eigenvalue weighted by molar-refractivity contribution is 5.69. The van der Waals surface area contributed by atoms with Crippen LogP contribution in [-0.4, -0.2) is 76.9 Å². The van der Waals surface area contributed by atoms with Crippen molar-refractivity contribution in [2.24, 2.45) is 0 Å². The lowest BCUT2D eigenvalue weighted by Gasteiger charge is -2.36. The normalized spacial score (nSPS) is 23.6. The summed E-state index contributed by atoms with van der Waals surface area (Å²) < 4.78 is 15.7. The maximum Gasteiger partial charge on any atom is 0.305 e. The summed E-state index contributed by atoms with van der Waals surface area (Å²) in [6.45, 7) is 1.42. The molecule has 0 saturated carbocycles. The Labute approximate surface area is 222 Å². The number of rotatable bonds is 20. The maximum atomic E-state index is 11.8. The summed E-state index contributed by atoms with van der Waals surface area (Å²) in [6.07, 6.45) is 21.5. The van der Waals surface area contributed by atoms with Gasteiger partial charge in [-0.1, -0.05) is 68.4 Å². The van der Waals surface area contributed by atoms with Crippen LogP contribution in [0.5, 0.6) is 0 Å². The van der Waals surface area contributed by atoms with E-state index in [9.17, 15) is 20.1 Å². The van der Waals surface area contributed by atoms with Crippen molar-refractivity contribution in [1.82, 2.24) is 0 Å². The number of ether oxygens (including phenoxy) is 3. The first-order valence-electron chi connectivity index (χ1n) is 13.7. The van der Waals surface area contributed by atoms with E-state index < -0.39 is 36.7 Å². The Hall–Kier alpha value is -1.81. The number of carbonyl (C=O) groups excluding carboxylic acids is 1. The van der Waals surface area contributed by atoms with Crippen molar-refractivity contribution >= 4 is 5.97 Å². The highest BCUT2D eigenvalue weighted by Crippen LogP contribution is 2.21. The Bertz CT molecular complexity index is 687. The molecule has 0 aromatic carbocycles. The van der Waals surface area contributed by atoms with Gasteiger partial charge in [0.1, 0.15) is 18.8 Å². The predicted molar refractivity (Wildman–Crippen MR) is 144 cm³/mol. The summed E-state index contributed by atoms with van der Waals surface area (Å²) >= 11 is 0. The van der Waals surface area contributed by atoms with Gasteiger partial charge in [-0.25, -0.2) is 0 Å². The van der Waals surface area contributed by atoms with Crippen molar-refractivity contribution in [1.29, 1.82) is 0 Å². The van der Waals surface area contributed by atoms with Gasteiger partial charge in [-0.05, 0) is 44.9 Å². The molecule has 1 unspecified atom stereocenters. The van der Waals surface area contributed by atoms with Crippen molar-refractivity contribution < 1.29 is 39.4 Å². The molecule has 1 fully saturated rings. The summed E-state index contributed by atoms with van der Waals surface area (Å²) in [7, 11) is 0. The summed E-state index contributed by atoms with van der Waals surface area (Å²) in [5, 5.41) is 38.8. The van der Waals surface area contributed by atoms with Crippen LogP contribution < -0.4 is 0 Å². The molecule has 8 nitrogen and oxygen atoms in total. The summed E-state index contributed by atoms with van der Waals surface area (Å²) in [6, 6.07) is 0. The van der Waals surface area contributed by atoms with Crippen LogP contribution in [0.4, 0.5) is 0 Å². The van der Waals surface area contributed by atoms with E-state index in [1.54, 1.807) is 0 Å². The largest absolute Gasteiger partial charge is 0.463 e. The van der Waals surface area contributed by atoms with E-state index in [1.807, 2.05) is 6.08 Å². The number of aliphatic hydroxyl groups is 4. The third-order valence-corrected chi connectivity index (χ3v) is 5.81. The van der Waals surface area contributed by atoms with E-state index in [2.05, 4.69) is 49.5 Å². The SMILES string of the molecule is CCCCC/C=C\C/C=C\C/C=C\C/C=C\CCCC(=O)OCC(O)CO[C@@H]1O[C@H](CO)C[C@H](O)[C@H]1O. The molecule has 37 heavy (non-hydrogen) atoms. The average Bonchev–Trinajstić information content (AvgIpc) is 2.89. The molecule has 1 aliphatic rings. The Morgan fingerprint density at radius 2 is 1.51 bits per heavy atom. The van der Waals surface area contributed by atoms with Crippen LogP contribution in [0.15, 0.2) is 48.6 Å². The van der Waals surface area contributed by atoms with Gasteiger partial charge in [-0.15, -0.1) is 0 Å². The first-order chi connectivity index (χ1) is 18.0. The van der Waals surface area contributed by atoms with Gasteiger partial charge in [0.2, 0.25) is 0 Å². The summed E-state index contributed by atoms with van der Waals surface area (Å²) in [5.41, 5.74) is 0. The van der Waals surface area contributed by atoms with E-state index in [0.29, 0.717) is 6.42 Å². The quantitative estimate of drug-likeness (QED) is 0.107. The molecule has 5 atom stereocenters. The van der Waals surface area contributed by atoms with Gasteiger partial charge in [-0.2, -0.15) is 0 Å². The lowest BCUT2D eigenvalue weighted by atomic mass is 10.0. The average molecular weight is 525 g/mol. The number of aliphatic hydroxyl groups excluding tert-OH is 4. The molecule has 0 aromatic rings. The first kappa shape index (κ1) is 33.2. The fraction of sp³-hybridized carbons (Fsp3) is 0.690. The topological polar surface area (TPSA) is 126 Å². The number of carbonyl (C=O) groups is 1. The van der Waals surface area contributed by atoms with Gasteiger partial charge in [0.15, 0.2) is 6.29 Å². The summed E-state index contributed by atoms with van der Waals surface area (Å²) in [4.78, 5) is 11.8. The lowest BCUT2D eigenvalue weighted by Crippen LogP contribution is -2.51.